The monoisotopic (exact) mass is 699 g/mol. The molecular weight excluding hydrogens is 671 g/mol. The Hall–Kier alpha value is -7.86. The molecule has 0 unspecified atom stereocenters. The summed E-state index contributed by atoms with van der Waals surface area (Å²) in [6, 6.07) is 65.9. The number of fused-ring (bicyclic) bond motifs is 9. The molecule has 0 aliphatic heterocycles. The van der Waals surface area contributed by atoms with Gasteiger partial charge >= 0.3 is 0 Å². The maximum atomic E-state index is 10.4. The predicted octanol–water partition coefficient (Wildman–Crippen LogP) is 12.4. The van der Waals surface area contributed by atoms with Crippen LogP contribution in [0.5, 0.6) is 0 Å². The third-order valence-corrected chi connectivity index (χ3v) is 11.1. The zero-order valence-electron chi connectivity index (χ0n) is 29.5. The minimum atomic E-state index is 0.573. The molecule has 11 rings (SSSR count). The summed E-state index contributed by atoms with van der Waals surface area (Å²) >= 11 is 0. The second-order valence-corrected chi connectivity index (χ2v) is 14.0. The largest absolute Gasteiger partial charge is 0.309 e. The summed E-state index contributed by atoms with van der Waals surface area (Å²) in [4.78, 5) is 0. The molecular formula is C50H29N5. The van der Waals surface area contributed by atoms with E-state index in [-0.39, 0.29) is 0 Å². The Morgan fingerprint density at radius 1 is 0.345 bits per heavy atom. The maximum Gasteiger partial charge on any atom is 0.101 e. The van der Waals surface area contributed by atoms with Gasteiger partial charge in [-0.05, 0) is 60.7 Å². The molecule has 5 nitrogen and oxygen atoms in total. The lowest BCUT2D eigenvalue weighted by Crippen LogP contribution is -2.03. The molecule has 55 heavy (non-hydrogen) atoms. The molecule has 0 spiro atoms. The van der Waals surface area contributed by atoms with Crippen LogP contribution in [0.3, 0.4) is 0 Å². The lowest BCUT2D eigenvalue weighted by Gasteiger charge is -2.19. The fourth-order valence-electron chi connectivity index (χ4n) is 8.83. The van der Waals surface area contributed by atoms with Crippen molar-refractivity contribution < 1.29 is 0 Å². The second kappa shape index (κ2) is 11.8. The molecule has 0 amide bonds. The van der Waals surface area contributed by atoms with Crippen molar-refractivity contribution >= 4 is 65.4 Å². The molecule has 0 radical (unpaired) electrons. The quantitative estimate of drug-likeness (QED) is 0.184. The van der Waals surface area contributed by atoms with E-state index in [0.29, 0.717) is 11.1 Å². The second-order valence-electron chi connectivity index (χ2n) is 14.0. The van der Waals surface area contributed by atoms with Gasteiger partial charge in [0, 0.05) is 49.1 Å². The molecule has 3 aromatic heterocycles. The van der Waals surface area contributed by atoms with Crippen LogP contribution in [0.15, 0.2) is 176 Å². The normalized spacial score (nSPS) is 11.6. The molecule has 0 fully saturated rings. The van der Waals surface area contributed by atoms with Crippen molar-refractivity contribution in [3.05, 3.63) is 187 Å². The van der Waals surface area contributed by atoms with E-state index in [1.54, 1.807) is 0 Å². The van der Waals surface area contributed by atoms with Gasteiger partial charge < -0.3 is 13.7 Å². The predicted molar refractivity (Wildman–Crippen MR) is 224 cm³/mol. The molecule has 0 atom stereocenters. The van der Waals surface area contributed by atoms with Crippen LogP contribution in [-0.2, 0) is 0 Å². The Kier molecular flexibility index (Phi) is 6.61. The van der Waals surface area contributed by atoms with Crippen LogP contribution < -0.4 is 0 Å². The third kappa shape index (κ3) is 4.39. The Balaban J connectivity index is 1.23. The van der Waals surface area contributed by atoms with Gasteiger partial charge in [0.05, 0.1) is 61.7 Å². The minimum Gasteiger partial charge on any atom is -0.309 e. The summed E-state index contributed by atoms with van der Waals surface area (Å²) in [5.74, 6) is 0. The van der Waals surface area contributed by atoms with Crippen molar-refractivity contribution in [1.29, 1.82) is 10.5 Å². The third-order valence-electron chi connectivity index (χ3n) is 11.1. The fourth-order valence-corrected chi connectivity index (χ4v) is 8.83. The van der Waals surface area contributed by atoms with Crippen molar-refractivity contribution in [2.75, 3.05) is 0 Å². The number of hydrogen-bond acceptors (Lipinski definition) is 2. The SMILES string of the molecule is N#Cc1ccc(-c2ccccc2-n2c3ccccc3c3cccc(C#N)c32)c(-n2c3ccccc3c3ccc(-n4c5ccccc5c5ccccc54)cc32)c1. The van der Waals surface area contributed by atoms with E-state index in [0.717, 1.165) is 82.8 Å². The zero-order chi connectivity index (χ0) is 36.6. The Morgan fingerprint density at radius 2 is 0.873 bits per heavy atom. The van der Waals surface area contributed by atoms with E-state index >= 15 is 0 Å². The number of aromatic nitrogens is 3. The van der Waals surface area contributed by atoms with Crippen molar-refractivity contribution in [2.24, 2.45) is 0 Å². The smallest absolute Gasteiger partial charge is 0.101 e. The van der Waals surface area contributed by atoms with Crippen LogP contribution in [-0.4, -0.2) is 13.7 Å². The average molecular weight is 700 g/mol. The molecule has 5 heteroatoms. The first-order valence-corrected chi connectivity index (χ1v) is 18.3. The summed E-state index contributed by atoms with van der Waals surface area (Å²) in [5, 5.41) is 27.5. The average Bonchev–Trinajstić information content (AvgIpc) is 3.89. The van der Waals surface area contributed by atoms with E-state index in [9.17, 15) is 10.5 Å². The zero-order valence-corrected chi connectivity index (χ0v) is 29.5. The molecule has 8 aromatic carbocycles. The summed E-state index contributed by atoms with van der Waals surface area (Å²) in [5.41, 5.74) is 12.3. The van der Waals surface area contributed by atoms with E-state index < -0.39 is 0 Å². The van der Waals surface area contributed by atoms with E-state index in [2.05, 4.69) is 165 Å². The molecule has 0 N–H and O–H groups in total. The molecule has 0 aliphatic carbocycles. The van der Waals surface area contributed by atoms with Gasteiger partial charge in [0.25, 0.3) is 0 Å². The highest BCUT2D eigenvalue weighted by atomic mass is 15.0. The Bertz CT molecular complexity index is 3420. The lowest BCUT2D eigenvalue weighted by molar-refractivity contribution is 1.15. The molecule has 11 aromatic rings. The summed E-state index contributed by atoms with van der Waals surface area (Å²) in [6.45, 7) is 0. The number of nitrogens with zero attached hydrogens (tertiary/aromatic N) is 5. The van der Waals surface area contributed by atoms with Crippen LogP contribution in [0.25, 0.3) is 93.6 Å². The van der Waals surface area contributed by atoms with Gasteiger partial charge in [-0.2, -0.15) is 10.5 Å². The number of para-hydroxylation sites is 6. The molecule has 0 aliphatic rings. The van der Waals surface area contributed by atoms with Gasteiger partial charge in [-0.15, -0.1) is 0 Å². The number of benzene rings is 8. The van der Waals surface area contributed by atoms with Crippen LogP contribution >= 0.6 is 0 Å². The van der Waals surface area contributed by atoms with Crippen molar-refractivity contribution in [2.45, 2.75) is 0 Å². The van der Waals surface area contributed by atoms with Gasteiger partial charge in [-0.3, -0.25) is 0 Å². The molecule has 0 saturated carbocycles. The summed E-state index contributed by atoms with van der Waals surface area (Å²) in [6.07, 6.45) is 0. The number of hydrogen-bond donors (Lipinski definition) is 0. The number of nitriles is 2. The van der Waals surface area contributed by atoms with Gasteiger partial charge in [0.2, 0.25) is 0 Å². The van der Waals surface area contributed by atoms with Gasteiger partial charge in [-0.1, -0.05) is 115 Å². The first kappa shape index (κ1) is 30.7. The molecule has 3 heterocycles. The molecule has 254 valence electrons. The van der Waals surface area contributed by atoms with Crippen molar-refractivity contribution in [3.8, 4) is 40.3 Å². The maximum absolute atomic E-state index is 10.4. The van der Waals surface area contributed by atoms with Crippen LogP contribution in [0.4, 0.5) is 0 Å². The van der Waals surface area contributed by atoms with Gasteiger partial charge in [0.15, 0.2) is 0 Å². The standard InChI is InChI=1S/C50H29N5/c51-30-32-24-26-40(38-16-4-9-22-46(38)55-47-23-10-5-17-39(47)42-18-11-12-33(31-52)50(42)55)48(28-32)54-45-21-8-3-15-37(45)41-27-25-34(29-49(41)54)53-43-19-6-1-13-35(43)36-14-2-7-20-44(36)53/h1-29H. The van der Waals surface area contributed by atoms with Crippen LogP contribution in [0, 0.1) is 22.7 Å². The first-order valence-electron chi connectivity index (χ1n) is 18.3. The highest BCUT2D eigenvalue weighted by Crippen LogP contribution is 2.42. The highest BCUT2D eigenvalue weighted by molar-refractivity contribution is 6.13. The van der Waals surface area contributed by atoms with Crippen molar-refractivity contribution in [3.63, 3.8) is 0 Å². The van der Waals surface area contributed by atoms with Crippen LogP contribution in [0.1, 0.15) is 11.1 Å². The van der Waals surface area contributed by atoms with E-state index in [1.807, 2.05) is 36.4 Å². The topological polar surface area (TPSA) is 62.4 Å². The fraction of sp³-hybridized carbons (Fsp3) is 0. The van der Waals surface area contributed by atoms with Crippen molar-refractivity contribution in [1.82, 2.24) is 13.7 Å². The Morgan fingerprint density at radius 3 is 1.53 bits per heavy atom. The van der Waals surface area contributed by atoms with E-state index in [1.165, 1.54) is 10.8 Å². The van der Waals surface area contributed by atoms with Gasteiger partial charge in [0.1, 0.15) is 6.07 Å². The highest BCUT2D eigenvalue weighted by Gasteiger charge is 2.22. The number of rotatable bonds is 4. The lowest BCUT2D eigenvalue weighted by atomic mass is 9.99. The first-order chi connectivity index (χ1) is 27.2. The van der Waals surface area contributed by atoms with Gasteiger partial charge in [-0.25, -0.2) is 0 Å². The van der Waals surface area contributed by atoms with Crippen LogP contribution in [0.2, 0.25) is 0 Å². The summed E-state index contributed by atoms with van der Waals surface area (Å²) in [7, 11) is 0. The molecule has 0 saturated heterocycles. The van der Waals surface area contributed by atoms with E-state index in [4.69, 9.17) is 0 Å². The molecule has 0 bridgehead atoms. The minimum absolute atomic E-state index is 0.573. The summed E-state index contributed by atoms with van der Waals surface area (Å²) < 4.78 is 6.90. The Labute approximate surface area is 316 Å².